The Morgan fingerprint density at radius 2 is 1.88 bits per heavy atom. The summed E-state index contributed by atoms with van der Waals surface area (Å²) in [7, 11) is 3.84. The first-order chi connectivity index (χ1) is 16.6. The van der Waals surface area contributed by atoms with E-state index in [9.17, 15) is 4.79 Å². The van der Waals surface area contributed by atoms with E-state index in [0.29, 0.717) is 12.4 Å². The summed E-state index contributed by atoms with van der Waals surface area (Å²) < 4.78 is 5.70. The van der Waals surface area contributed by atoms with Gasteiger partial charge < -0.3 is 24.8 Å². The van der Waals surface area contributed by atoms with E-state index in [2.05, 4.69) is 50.2 Å². The second-order valence-electron chi connectivity index (χ2n) is 9.16. The third-order valence-electron chi connectivity index (χ3n) is 7.04. The van der Waals surface area contributed by atoms with Crippen molar-refractivity contribution in [3.05, 3.63) is 59.3 Å². The molecule has 1 saturated heterocycles. The Hall–Kier alpha value is -3.65. The highest BCUT2D eigenvalue weighted by molar-refractivity contribution is 6.06. The van der Waals surface area contributed by atoms with Gasteiger partial charge in [0.2, 0.25) is 5.95 Å². The van der Waals surface area contributed by atoms with Gasteiger partial charge in [-0.05, 0) is 37.2 Å². The molecule has 0 unspecified atom stereocenters. The van der Waals surface area contributed by atoms with E-state index < -0.39 is 0 Å². The average molecular weight is 457 g/mol. The van der Waals surface area contributed by atoms with Gasteiger partial charge >= 0.3 is 0 Å². The van der Waals surface area contributed by atoms with Crippen LogP contribution in [-0.2, 0) is 12.8 Å². The number of carbonyl (C=O) groups is 1. The van der Waals surface area contributed by atoms with Crippen molar-refractivity contribution in [3.63, 3.8) is 0 Å². The number of likely N-dealkylation sites (N-methyl/N-ethyl adjacent to an activating group) is 1. The summed E-state index contributed by atoms with van der Waals surface area (Å²) in [6.07, 6.45) is 2.99. The van der Waals surface area contributed by atoms with Crippen LogP contribution in [0.2, 0.25) is 0 Å². The normalized spacial score (nSPS) is 17.3. The molecular weight excluding hydrogens is 428 g/mol. The lowest BCUT2D eigenvalue weighted by atomic mass is 10.0. The van der Waals surface area contributed by atoms with Crippen molar-refractivity contribution in [1.82, 2.24) is 14.9 Å². The number of benzene rings is 2. The Balaban J connectivity index is 1.30. The summed E-state index contributed by atoms with van der Waals surface area (Å²) >= 11 is 0. The van der Waals surface area contributed by atoms with Crippen molar-refractivity contribution in [3.8, 4) is 5.75 Å². The molecule has 0 saturated carbocycles. The molecule has 3 aromatic rings. The zero-order valence-electron chi connectivity index (χ0n) is 19.5. The van der Waals surface area contributed by atoms with Gasteiger partial charge in [0.1, 0.15) is 11.6 Å². The van der Waals surface area contributed by atoms with Crippen LogP contribution in [-0.4, -0.2) is 67.5 Å². The zero-order valence-corrected chi connectivity index (χ0v) is 19.5. The molecule has 0 amide bonds. The molecule has 0 bridgehead atoms. The highest BCUT2D eigenvalue weighted by atomic mass is 16.5. The molecule has 4 heterocycles. The zero-order chi connectivity index (χ0) is 23.2. The van der Waals surface area contributed by atoms with Gasteiger partial charge in [-0.1, -0.05) is 12.1 Å². The number of aromatic nitrogens is 2. The van der Waals surface area contributed by atoms with E-state index in [-0.39, 0.29) is 5.78 Å². The molecule has 1 N–H and O–H groups in total. The number of methoxy groups -OCH3 is 1. The summed E-state index contributed by atoms with van der Waals surface area (Å²) in [4.78, 5) is 29.2. The van der Waals surface area contributed by atoms with Crippen LogP contribution in [0.25, 0.3) is 0 Å². The molecule has 0 atom stereocenters. The number of ketones is 1. The third-order valence-corrected chi connectivity index (χ3v) is 7.04. The van der Waals surface area contributed by atoms with Gasteiger partial charge in [0.25, 0.3) is 0 Å². The van der Waals surface area contributed by atoms with E-state index in [1.54, 1.807) is 13.3 Å². The number of Topliss-reactive ketones (excluding diaryl/α,β-unsaturated/α-hetero) is 1. The average Bonchev–Trinajstić information content (AvgIpc) is 3.25. The second kappa shape index (κ2) is 8.29. The van der Waals surface area contributed by atoms with Crippen LogP contribution >= 0.6 is 0 Å². The minimum absolute atomic E-state index is 0.118. The van der Waals surface area contributed by atoms with Crippen molar-refractivity contribution in [2.24, 2.45) is 0 Å². The summed E-state index contributed by atoms with van der Waals surface area (Å²) in [6.45, 7) is 4.91. The molecule has 0 aliphatic carbocycles. The van der Waals surface area contributed by atoms with Gasteiger partial charge in [0.15, 0.2) is 5.78 Å². The first-order valence-electron chi connectivity index (χ1n) is 11.8. The highest BCUT2D eigenvalue weighted by Crippen LogP contribution is 2.41. The van der Waals surface area contributed by atoms with Gasteiger partial charge in [-0.2, -0.15) is 4.98 Å². The number of hydrogen-bond donors (Lipinski definition) is 1. The summed E-state index contributed by atoms with van der Waals surface area (Å²) in [5.41, 5.74) is 5.81. The second-order valence-corrected chi connectivity index (χ2v) is 9.16. The Bertz CT molecular complexity index is 1270. The number of fused-ring (bicyclic) bond motifs is 2. The van der Waals surface area contributed by atoms with Gasteiger partial charge in [0.05, 0.1) is 18.5 Å². The molecule has 174 valence electrons. The van der Waals surface area contributed by atoms with Crippen molar-refractivity contribution in [2.75, 3.05) is 62.0 Å². The predicted molar refractivity (Wildman–Crippen MR) is 133 cm³/mol. The van der Waals surface area contributed by atoms with E-state index in [1.165, 1.54) is 5.56 Å². The number of carbonyl (C=O) groups excluding carboxylic acids is 1. The van der Waals surface area contributed by atoms with Crippen molar-refractivity contribution in [2.45, 2.75) is 12.8 Å². The fourth-order valence-corrected chi connectivity index (χ4v) is 5.14. The van der Waals surface area contributed by atoms with Crippen molar-refractivity contribution in [1.29, 1.82) is 0 Å². The summed E-state index contributed by atoms with van der Waals surface area (Å²) in [6, 6.07) is 12.2. The summed E-state index contributed by atoms with van der Waals surface area (Å²) in [5, 5.41) is 3.34. The Morgan fingerprint density at radius 1 is 1.03 bits per heavy atom. The molecule has 6 rings (SSSR count). The molecule has 3 aliphatic rings. The van der Waals surface area contributed by atoms with Gasteiger partial charge in [-0.3, -0.25) is 4.79 Å². The van der Waals surface area contributed by atoms with Crippen LogP contribution in [0.1, 0.15) is 21.5 Å². The number of piperazine rings is 1. The minimum atomic E-state index is 0.118. The minimum Gasteiger partial charge on any atom is -0.494 e. The van der Waals surface area contributed by atoms with Crippen LogP contribution in [0.5, 0.6) is 5.75 Å². The maximum atomic E-state index is 12.9. The van der Waals surface area contributed by atoms with Crippen LogP contribution in [0, 0.1) is 0 Å². The van der Waals surface area contributed by atoms with Crippen LogP contribution in [0.15, 0.2) is 42.6 Å². The monoisotopic (exact) mass is 456 g/mol. The predicted octanol–water partition coefficient (Wildman–Crippen LogP) is 3.41. The first kappa shape index (κ1) is 20.9. The molecular formula is C26H28N6O2. The standard InChI is InChI=1S/C26H28N6O2/c1-30-10-12-31(13-11-30)19-6-7-21(23(15-19)34-2)28-26-27-16-18-14-22(33)20-5-3-4-17-8-9-32(24(17)20)25(18)29-26/h3-7,15-16H,8-14H2,1-2H3,(H,27,28,29). The van der Waals surface area contributed by atoms with E-state index in [1.807, 2.05) is 18.2 Å². The van der Waals surface area contributed by atoms with E-state index in [0.717, 1.165) is 78.9 Å². The number of ether oxygens (including phenoxy) is 1. The maximum Gasteiger partial charge on any atom is 0.229 e. The number of nitrogens with one attached hydrogen (secondary N) is 1. The first-order valence-corrected chi connectivity index (χ1v) is 11.8. The molecule has 1 aromatic heterocycles. The Kier molecular flexibility index (Phi) is 5.10. The Morgan fingerprint density at radius 3 is 2.71 bits per heavy atom. The molecule has 0 spiro atoms. The lowest BCUT2D eigenvalue weighted by Crippen LogP contribution is -2.44. The largest absolute Gasteiger partial charge is 0.494 e. The molecule has 0 radical (unpaired) electrons. The van der Waals surface area contributed by atoms with Gasteiger partial charge in [-0.25, -0.2) is 4.98 Å². The molecule has 8 nitrogen and oxygen atoms in total. The van der Waals surface area contributed by atoms with Gasteiger partial charge in [-0.15, -0.1) is 0 Å². The van der Waals surface area contributed by atoms with Crippen molar-refractivity contribution < 1.29 is 9.53 Å². The molecule has 1 fully saturated rings. The lowest BCUT2D eigenvalue weighted by Gasteiger charge is -2.34. The SMILES string of the molecule is COc1cc(N2CCN(C)CC2)ccc1Nc1ncc2c(n1)N1CCc3cccc(c31)C(=O)C2. The Labute approximate surface area is 199 Å². The number of rotatable bonds is 4. The van der Waals surface area contributed by atoms with Crippen molar-refractivity contribution >= 4 is 34.6 Å². The number of para-hydroxylation sites is 1. The third kappa shape index (κ3) is 3.54. The molecule has 3 aliphatic heterocycles. The van der Waals surface area contributed by atoms with E-state index in [4.69, 9.17) is 9.72 Å². The quantitative estimate of drug-likeness (QED) is 0.640. The highest BCUT2D eigenvalue weighted by Gasteiger charge is 2.32. The van der Waals surface area contributed by atoms with E-state index >= 15 is 0 Å². The number of hydrogen-bond acceptors (Lipinski definition) is 8. The van der Waals surface area contributed by atoms with Crippen LogP contribution in [0.4, 0.5) is 28.8 Å². The van der Waals surface area contributed by atoms with Crippen LogP contribution < -0.4 is 19.9 Å². The van der Waals surface area contributed by atoms with Crippen LogP contribution in [0.3, 0.4) is 0 Å². The fourth-order valence-electron chi connectivity index (χ4n) is 5.14. The van der Waals surface area contributed by atoms with Gasteiger partial charge in [0, 0.05) is 68.2 Å². The topological polar surface area (TPSA) is 73.8 Å². The molecule has 2 aromatic carbocycles. The fraction of sp³-hybridized carbons (Fsp3) is 0.346. The number of anilines is 5. The lowest BCUT2D eigenvalue weighted by molar-refractivity contribution is 0.0994. The maximum absolute atomic E-state index is 12.9. The number of nitrogens with zero attached hydrogens (tertiary/aromatic N) is 5. The summed E-state index contributed by atoms with van der Waals surface area (Å²) in [5.74, 6) is 2.17. The molecule has 8 heteroatoms. The molecule has 34 heavy (non-hydrogen) atoms. The smallest absolute Gasteiger partial charge is 0.229 e.